The van der Waals surface area contributed by atoms with Crippen LogP contribution in [0.15, 0.2) is 24.3 Å². The third-order valence-corrected chi connectivity index (χ3v) is 3.95. The highest BCUT2D eigenvalue weighted by atomic mass is 35.5. The molecule has 0 aliphatic carbocycles. The maximum atomic E-state index is 12.5. The Hall–Kier alpha value is -1.31. The number of amides is 1. The molecule has 4 nitrogen and oxygen atoms in total. The van der Waals surface area contributed by atoms with Gasteiger partial charge in [-0.1, -0.05) is 12.1 Å². The lowest BCUT2D eigenvalue weighted by molar-refractivity contribution is -0.146. The fourth-order valence-electron chi connectivity index (χ4n) is 2.51. The van der Waals surface area contributed by atoms with E-state index in [1.807, 2.05) is 0 Å². The number of methoxy groups -OCH3 is 1. The van der Waals surface area contributed by atoms with Gasteiger partial charge in [-0.25, -0.2) is 0 Å². The zero-order valence-electron chi connectivity index (χ0n) is 12.7. The van der Waals surface area contributed by atoms with E-state index in [2.05, 4.69) is 10.6 Å². The summed E-state index contributed by atoms with van der Waals surface area (Å²) < 4.78 is 42.8. The average Bonchev–Trinajstić information content (AvgIpc) is 2.52. The second-order valence-corrected chi connectivity index (χ2v) is 5.33. The number of hydrogen-bond donors (Lipinski definition) is 2. The predicted molar refractivity (Wildman–Crippen MR) is 82.4 cm³/mol. The van der Waals surface area contributed by atoms with E-state index < -0.39 is 17.3 Å². The molecule has 0 saturated carbocycles. The molecule has 1 aromatic carbocycles. The average molecular weight is 353 g/mol. The highest BCUT2D eigenvalue weighted by Gasteiger charge is 2.39. The van der Waals surface area contributed by atoms with Crippen LogP contribution in [-0.4, -0.2) is 31.7 Å². The van der Waals surface area contributed by atoms with Crippen molar-refractivity contribution in [3.8, 4) is 0 Å². The van der Waals surface area contributed by atoms with E-state index in [0.717, 1.165) is 12.1 Å². The van der Waals surface area contributed by atoms with E-state index in [4.69, 9.17) is 4.74 Å². The Morgan fingerprint density at radius 2 is 1.83 bits per heavy atom. The Kier molecular flexibility index (Phi) is 6.85. The zero-order chi connectivity index (χ0) is 16.2. The first-order valence-corrected chi connectivity index (χ1v) is 7.08. The summed E-state index contributed by atoms with van der Waals surface area (Å²) in [5.41, 5.74) is -0.937. The van der Waals surface area contributed by atoms with Crippen LogP contribution in [0.2, 0.25) is 0 Å². The van der Waals surface area contributed by atoms with Crippen molar-refractivity contribution in [1.29, 1.82) is 0 Å². The largest absolute Gasteiger partial charge is 0.416 e. The molecule has 1 heterocycles. The first-order chi connectivity index (χ1) is 10.4. The highest BCUT2D eigenvalue weighted by molar-refractivity contribution is 5.85. The van der Waals surface area contributed by atoms with Gasteiger partial charge in [0.15, 0.2) is 0 Å². The van der Waals surface area contributed by atoms with Crippen molar-refractivity contribution in [2.24, 2.45) is 0 Å². The Labute approximate surface area is 139 Å². The van der Waals surface area contributed by atoms with Crippen LogP contribution in [0.1, 0.15) is 24.0 Å². The van der Waals surface area contributed by atoms with Crippen LogP contribution in [0.25, 0.3) is 0 Å². The minimum Gasteiger partial charge on any atom is -0.368 e. The molecule has 1 saturated heterocycles. The minimum absolute atomic E-state index is 0. The predicted octanol–water partition coefficient (Wildman–Crippen LogP) is 2.51. The third-order valence-electron chi connectivity index (χ3n) is 3.95. The van der Waals surface area contributed by atoms with Crippen LogP contribution in [0.5, 0.6) is 0 Å². The van der Waals surface area contributed by atoms with Gasteiger partial charge in [0.1, 0.15) is 5.60 Å². The molecule has 0 spiro atoms. The number of carbonyl (C=O) groups excluding carboxylic acids is 1. The van der Waals surface area contributed by atoms with Gasteiger partial charge in [0.05, 0.1) is 5.56 Å². The summed E-state index contributed by atoms with van der Waals surface area (Å²) in [7, 11) is 1.50. The molecule has 8 heteroatoms. The monoisotopic (exact) mass is 352 g/mol. The number of ether oxygens (including phenoxy) is 1. The second-order valence-electron chi connectivity index (χ2n) is 5.33. The second kappa shape index (κ2) is 7.99. The third kappa shape index (κ3) is 4.83. The van der Waals surface area contributed by atoms with Crippen molar-refractivity contribution in [1.82, 2.24) is 10.6 Å². The van der Waals surface area contributed by atoms with Crippen molar-refractivity contribution < 1.29 is 22.7 Å². The van der Waals surface area contributed by atoms with Crippen LogP contribution in [-0.2, 0) is 22.3 Å². The number of alkyl halides is 3. The number of rotatable bonds is 4. The van der Waals surface area contributed by atoms with Crippen molar-refractivity contribution in [3.05, 3.63) is 35.4 Å². The lowest BCUT2D eigenvalue weighted by Gasteiger charge is -2.34. The Balaban J connectivity index is 0.00000264. The molecule has 0 atom stereocenters. The number of nitrogens with one attached hydrogen (secondary N) is 2. The molecule has 130 valence electrons. The fourth-order valence-corrected chi connectivity index (χ4v) is 2.51. The standard InChI is InChI=1S/C15H19F3N2O2.ClH/c1-22-14(6-8-19-9-7-14)13(21)20-10-11-2-4-12(5-3-11)15(16,17)18;/h2-5,19H,6-10H2,1H3,(H,20,21);1H. The number of piperidine rings is 1. The van der Waals surface area contributed by atoms with Gasteiger partial charge in [-0.15, -0.1) is 12.4 Å². The molecule has 1 aliphatic heterocycles. The first-order valence-electron chi connectivity index (χ1n) is 7.08. The van der Waals surface area contributed by atoms with Crippen LogP contribution in [0.3, 0.4) is 0 Å². The smallest absolute Gasteiger partial charge is 0.368 e. The number of carbonyl (C=O) groups is 1. The molecule has 2 N–H and O–H groups in total. The summed E-state index contributed by atoms with van der Waals surface area (Å²) in [5, 5.41) is 5.90. The summed E-state index contributed by atoms with van der Waals surface area (Å²) in [5.74, 6) is -0.226. The molecule has 0 unspecified atom stereocenters. The maximum Gasteiger partial charge on any atom is 0.416 e. The van der Waals surface area contributed by atoms with Crippen LogP contribution >= 0.6 is 12.4 Å². The number of benzene rings is 1. The molecule has 0 bridgehead atoms. The molecule has 1 amide bonds. The van der Waals surface area contributed by atoms with Crippen molar-refractivity contribution in [2.75, 3.05) is 20.2 Å². The molecule has 1 fully saturated rings. The fraction of sp³-hybridized carbons (Fsp3) is 0.533. The number of halogens is 4. The van der Waals surface area contributed by atoms with E-state index in [1.54, 1.807) is 0 Å². The van der Waals surface area contributed by atoms with E-state index in [0.29, 0.717) is 31.5 Å². The van der Waals surface area contributed by atoms with Gasteiger partial charge in [-0.05, 0) is 43.6 Å². The topological polar surface area (TPSA) is 50.4 Å². The van der Waals surface area contributed by atoms with Gasteiger partial charge in [0.2, 0.25) is 0 Å². The maximum absolute atomic E-state index is 12.5. The quantitative estimate of drug-likeness (QED) is 0.875. The number of hydrogen-bond acceptors (Lipinski definition) is 3. The minimum atomic E-state index is -4.35. The summed E-state index contributed by atoms with van der Waals surface area (Å²) in [6.07, 6.45) is -3.21. The van der Waals surface area contributed by atoms with E-state index in [1.165, 1.54) is 19.2 Å². The summed E-state index contributed by atoms with van der Waals surface area (Å²) in [6, 6.07) is 4.76. The Morgan fingerprint density at radius 3 is 2.30 bits per heavy atom. The molecule has 23 heavy (non-hydrogen) atoms. The molecular weight excluding hydrogens is 333 g/mol. The Morgan fingerprint density at radius 1 is 1.26 bits per heavy atom. The molecule has 0 radical (unpaired) electrons. The van der Waals surface area contributed by atoms with Gasteiger partial charge < -0.3 is 15.4 Å². The summed E-state index contributed by atoms with van der Waals surface area (Å²) in [6.45, 7) is 1.57. The SMILES string of the molecule is COC1(C(=O)NCc2ccc(C(F)(F)F)cc2)CCNCC1.Cl. The normalized spacial score (nSPS) is 17.2. The zero-order valence-corrected chi connectivity index (χ0v) is 13.5. The first kappa shape index (κ1) is 19.7. The molecule has 1 aromatic rings. The Bertz CT molecular complexity index is 514. The van der Waals surface area contributed by atoms with Gasteiger partial charge in [-0.2, -0.15) is 13.2 Å². The van der Waals surface area contributed by atoms with E-state index >= 15 is 0 Å². The molecule has 1 aliphatic rings. The molecule has 2 rings (SSSR count). The van der Waals surface area contributed by atoms with E-state index in [9.17, 15) is 18.0 Å². The van der Waals surface area contributed by atoms with Crippen molar-refractivity contribution in [2.45, 2.75) is 31.2 Å². The van der Waals surface area contributed by atoms with Crippen molar-refractivity contribution >= 4 is 18.3 Å². The molecule has 0 aromatic heterocycles. The lowest BCUT2D eigenvalue weighted by atomic mass is 9.91. The van der Waals surface area contributed by atoms with Gasteiger partial charge in [0.25, 0.3) is 5.91 Å². The van der Waals surface area contributed by atoms with E-state index in [-0.39, 0.29) is 24.9 Å². The highest BCUT2D eigenvalue weighted by Crippen LogP contribution is 2.29. The van der Waals surface area contributed by atoms with Gasteiger partial charge in [0, 0.05) is 13.7 Å². The van der Waals surface area contributed by atoms with Crippen LogP contribution in [0, 0.1) is 0 Å². The summed E-state index contributed by atoms with van der Waals surface area (Å²) >= 11 is 0. The summed E-state index contributed by atoms with van der Waals surface area (Å²) in [4.78, 5) is 12.3. The van der Waals surface area contributed by atoms with Crippen LogP contribution < -0.4 is 10.6 Å². The van der Waals surface area contributed by atoms with Gasteiger partial charge in [-0.3, -0.25) is 4.79 Å². The molecular formula is C15H20ClF3N2O2. The van der Waals surface area contributed by atoms with Crippen molar-refractivity contribution in [3.63, 3.8) is 0 Å². The van der Waals surface area contributed by atoms with Gasteiger partial charge >= 0.3 is 6.18 Å². The van der Waals surface area contributed by atoms with Crippen LogP contribution in [0.4, 0.5) is 13.2 Å². The lowest BCUT2D eigenvalue weighted by Crippen LogP contribution is -2.53.